The summed E-state index contributed by atoms with van der Waals surface area (Å²) < 4.78 is 118. The van der Waals surface area contributed by atoms with Crippen molar-refractivity contribution in [3.8, 4) is 34.5 Å². The number of benzene rings is 6. The number of rotatable bonds is 44. The van der Waals surface area contributed by atoms with Crippen LogP contribution in [-0.2, 0) is 19.3 Å². The molecule has 0 atom stereocenters. The molecule has 0 aliphatic rings. The highest BCUT2D eigenvalue weighted by Crippen LogP contribution is 2.29. The number of aryl methyl sites for hydroxylation is 3. The standard InChI is InChI=1S/C31H44F2O3.C29H40F2O3.C20H22F2O3/c1-3-5-7-9-11-12-13-15-17-25-20-23-28(30(33)29(25)32)36-31(34)26-18-21-27(22-19-26)35-24-16-14-10-8-6-4-2;1-3-5-7-9-11-13-15-23-18-21-26(28(31)27(23)30)34-29(32)24-16-19-25(20-17-24)33-22-14-12-10-8-6-4-2;1-3-5-6-7-14-10-13-17(19(22)18(14)21)25-20(23)15-8-11-16(12-9-15)24-4-2/h18-23H,3-17,24H2,1-2H3;16-21H,3-15,22H2,1-2H3;8-13H,3-7H2,1-2H3. The average Bonchev–Trinajstić information content (AvgIpc) is 0.898. The Morgan fingerprint density at radius 1 is 0.263 bits per heavy atom. The molecule has 0 fully saturated rings. The molecule has 0 unspecified atom stereocenters. The van der Waals surface area contributed by atoms with E-state index in [2.05, 4.69) is 27.7 Å². The zero-order valence-electron chi connectivity index (χ0n) is 57.6. The normalized spacial score (nSPS) is 10.9. The second kappa shape index (κ2) is 48.4. The first-order valence-corrected chi connectivity index (χ1v) is 35.4. The number of unbranched alkanes of at least 4 members (excludes halogenated alkanes) is 24. The summed E-state index contributed by atoms with van der Waals surface area (Å²) in [4.78, 5) is 36.9. The van der Waals surface area contributed by atoms with Crippen molar-refractivity contribution in [1.29, 1.82) is 0 Å². The van der Waals surface area contributed by atoms with E-state index in [0.717, 1.165) is 83.5 Å². The molecule has 0 saturated heterocycles. The van der Waals surface area contributed by atoms with Crippen LogP contribution in [-0.4, -0.2) is 37.7 Å². The number of ether oxygens (including phenoxy) is 6. The molecule has 0 N–H and O–H groups in total. The third-order valence-corrected chi connectivity index (χ3v) is 16.3. The molecule has 0 spiro atoms. The van der Waals surface area contributed by atoms with Gasteiger partial charge in [-0.3, -0.25) is 0 Å². The molecule has 6 aromatic rings. The molecule has 15 heteroatoms. The Bertz CT molecular complexity index is 3100. The summed E-state index contributed by atoms with van der Waals surface area (Å²) in [7, 11) is 0. The Morgan fingerprint density at radius 2 is 0.495 bits per heavy atom. The maximum Gasteiger partial charge on any atom is 0.343 e. The van der Waals surface area contributed by atoms with E-state index < -0.39 is 64.3 Å². The number of hydrogen-bond acceptors (Lipinski definition) is 9. The summed E-state index contributed by atoms with van der Waals surface area (Å²) in [5, 5.41) is 0. The molecular formula is C80H106F6O9. The van der Waals surface area contributed by atoms with Gasteiger partial charge in [0.2, 0.25) is 17.5 Å². The summed E-state index contributed by atoms with van der Waals surface area (Å²) in [6, 6.07) is 27.8. The lowest BCUT2D eigenvalue weighted by Crippen LogP contribution is -2.11. The number of carbonyl (C=O) groups is 3. The van der Waals surface area contributed by atoms with Gasteiger partial charge in [-0.1, -0.05) is 207 Å². The topological polar surface area (TPSA) is 107 Å². The van der Waals surface area contributed by atoms with E-state index >= 15 is 0 Å². The molecule has 6 rings (SSSR count). The molecule has 95 heavy (non-hydrogen) atoms. The van der Waals surface area contributed by atoms with Crippen molar-refractivity contribution in [3.05, 3.63) is 177 Å². The Balaban J connectivity index is 0.000000308. The molecule has 0 aliphatic carbocycles. The maximum absolute atomic E-state index is 14.5. The molecule has 0 bridgehead atoms. The Morgan fingerprint density at radius 3 is 0.768 bits per heavy atom. The molecule has 0 heterocycles. The summed E-state index contributed by atoms with van der Waals surface area (Å²) in [5.74, 6) is -7.61. The first-order valence-electron chi connectivity index (χ1n) is 35.4. The van der Waals surface area contributed by atoms with Crippen molar-refractivity contribution in [1.82, 2.24) is 0 Å². The van der Waals surface area contributed by atoms with Crippen molar-refractivity contribution in [2.45, 2.75) is 247 Å². The zero-order valence-corrected chi connectivity index (χ0v) is 57.6. The first kappa shape index (κ1) is 80.1. The van der Waals surface area contributed by atoms with Crippen LogP contribution in [0.5, 0.6) is 34.5 Å². The fourth-order valence-corrected chi connectivity index (χ4v) is 10.5. The first-order chi connectivity index (χ1) is 46.2. The average molecular weight is 1330 g/mol. The van der Waals surface area contributed by atoms with Crippen molar-refractivity contribution in [3.63, 3.8) is 0 Å². The lowest BCUT2D eigenvalue weighted by molar-refractivity contribution is 0.0717. The third-order valence-electron chi connectivity index (χ3n) is 16.3. The monoisotopic (exact) mass is 1320 g/mol. The van der Waals surface area contributed by atoms with Gasteiger partial charge in [-0.05, 0) is 166 Å². The van der Waals surface area contributed by atoms with Crippen LogP contribution >= 0.6 is 0 Å². The second-order valence-corrected chi connectivity index (χ2v) is 24.2. The third kappa shape index (κ3) is 31.0. The smallest absolute Gasteiger partial charge is 0.343 e. The summed E-state index contributed by atoms with van der Waals surface area (Å²) in [5.41, 5.74) is 1.68. The van der Waals surface area contributed by atoms with Crippen LogP contribution in [0.1, 0.15) is 276 Å². The van der Waals surface area contributed by atoms with E-state index in [1.54, 1.807) is 60.7 Å². The van der Waals surface area contributed by atoms with Crippen LogP contribution in [0, 0.1) is 34.9 Å². The lowest BCUT2D eigenvalue weighted by Gasteiger charge is -2.10. The Labute approximate surface area is 563 Å². The van der Waals surface area contributed by atoms with E-state index in [0.29, 0.717) is 73.0 Å². The SMILES string of the molecule is CCCCCCCCCCc1ccc(OC(=O)c2ccc(OCCCCCCCC)cc2)c(F)c1F.CCCCCCCCOc1ccc(C(=O)Oc2ccc(CCCCCCCC)c(F)c2F)cc1.CCCCCc1ccc(OC(=O)c2ccc(OCC)cc2)c(F)c1F. The maximum atomic E-state index is 14.5. The van der Waals surface area contributed by atoms with Gasteiger partial charge in [0.15, 0.2) is 34.7 Å². The fourth-order valence-electron chi connectivity index (χ4n) is 10.5. The number of esters is 3. The Kier molecular flexibility index (Phi) is 40.8. The van der Waals surface area contributed by atoms with E-state index in [-0.39, 0.29) is 22.4 Å². The molecule has 0 aromatic heterocycles. The van der Waals surface area contributed by atoms with Gasteiger partial charge in [-0.2, -0.15) is 13.2 Å². The van der Waals surface area contributed by atoms with E-state index in [1.807, 2.05) is 13.8 Å². The van der Waals surface area contributed by atoms with Gasteiger partial charge in [0, 0.05) is 0 Å². The highest BCUT2D eigenvalue weighted by molar-refractivity contribution is 5.92. The minimum absolute atomic E-state index is 0.232. The van der Waals surface area contributed by atoms with Crippen LogP contribution in [0.3, 0.4) is 0 Å². The molecule has 0 saturated carbocycles. The van der Waals surface area contributed by atoms with E-state index in [4.69, 9.17) is 28.4 Å². The summed E-state index contributed by atoms with van der Waals surface area (Å²) >= 11 is 0. The molecule has 0 amide bonds. The van der Waals surface area contributed by atoms with Gasteiger partial charge in [0.25, 0.3) is 0 Å². The quantitative estimate of drug-likeness (QED) is 0.0160. The predicted molar refractivity (Wildman–Crippen MR) is 369 cm³/mol. The van der Waals surface area contributed by atoms with Crippen LogP contribution in [0.2, 0.25) is 0 Å². The van der Waals surface area contributed by atoms with Gasteiger partial charge in [-0.15, -0.1) is 0 Å². The summed E-state index contributed by atoms with van der Waals surface area (Å²) in [6.45, 7) is 14.4. The van der Waals surface area contributed by atoms with Crippen molar-refractivity contribution in [2.24, 2.45) is 0 Å². The van der Waals surface area contributed by atoms with Gasteiger partial charge in [-0.25, -0.2) is 27.6 Å². The van der Waals surface area contributed by atoms with Crippen LogP contribution in [0.4, 0.5) is 26.3 Å². The number of hydrogen-bond donors (Lipinski definition) is 0. The van der Waals surface area contributed by atoms with Gasteiger partial charge in [0.05, 0.1) is 36.5 Å². The van der Waals surface area contributed by atoms with E-state index in [1.165, 1.54) is 151 Å². The number of carbonyl (C=O) groups excluding carboxylic acids is 3. The highest BCUT2D eigenvalue weighted by Gasteiger charge is 2.22. The minimum Gasteiger partial charge on any atom is -0.494 e. The predicted octanol–water partition coefficient (Wildman–Crippen LogP) is 23.7. The summed E-state index contributed by atoms with van der Waals surface area (Å²) in [6.07, 6.45) is 34.1. The Hall–Kier alpha value is -7.29. The highest BCUT2D eigenvalue weighted by atomic mass is 19.2. The van der Waals surface area contributed by atoms with Crippen LogP contribution < -0.4 is 28.4 Å². The lowest BCUT2D eigenvalue weighted by atomic mass is 10.0. The number of halogens is 6. The fraction of sp³-hybridized carbons (Fsp3) is 0.512. The molecule has 9 nitrogen and oxygen atoms in total. The van der Waals surface area contributed by atoms with Crippen LogP contribution in [0.15, 0.2) is 109 Å². The second-order valence-electron chi connectivity index (χ2n) is 24.2. The molecular weight excluding hydrogens is 1220 g/mol. The molecule has 522 valence electrons. The molecule has 0 aliphatic heterocycles. The van der Waals surface area contributed by atoms with Gasteiger partial charge >= 0.3 is 17.9 Å². The van der Waals surface area contributed by atoms with E-state index in [9.17, 15) is 40.7 Å². The van der Waals surface area contributed by atoms with Crippen molar-refractivity contribution < 1.29 is 69.1 Å². The molecule has 6 aromatic carbocycles. The molecule has 0 radical (unpaired) electrons. The largest absolute Gasteiger partial charge is 0.494 e. The van der Waals surface area contributed by atoms with Crippen LogP contribution in [0.25, 0.3) is 0 Å². The van der Waals surface area contributed by atoms with Gasteiger partial charge < -0.3 is 28.4 Å². The van der Waals surface area contributed by atoms with Crippen molar-refractivity contribution >= 4 is 17.9 Å². The van der Waals surface area contributed by atoms with Crippen molar-refractivity contribution in [2.75, 3.05) is 19.8 Å². The van der Waals surface area contributed by atoms with Gasteiger partial charge in [0.1, 0.15) is 17.2 Å². The minimum atomic E-state index is -1.13. The zero-order chi connectivity index (χ0) is 68.8.